The van der Waals surface area contributed by atoms with E-state index in [-0.39, 0.29) is 13.0 Å². The third-order valence-corrected chi connectivity index (χ3v) is 2.48. The Balaban J connectivity index is 4.26. The van der Waals surface area contributed by atoms with Gasteiger partial charge in [-0.25, -0.2) is 0 Å². The van der Waals surface area contributed by atoms with E-state index in [2.05, 4.69) is 4.74 Å². The topological polar surface area (TPSA) is 9.23 Å². The summed E-state index contributed by atoms with van der Waals surface area (Å²) in [6, 6.07) is 0. The van der Waals surface area contributed by atoms with Crippen molar-refractivity contribution in [2.75, 3.05) is 13.7 Å². The molecule has 0 heterocycles. The molecule has 0 spiro atoms. The number of halogens is 3. The van der Waals surface area contributed by atoms with Gasteiger partial charge in [0.2, 0.25) is 0 Å². The standard InChI is InChI=1S/C11H19F3O/c1-4-5-6-7-8-10(2,9-15-3)11(12,13)14/h4-5H,6-9H2,1-3H3/b5-4+. The number of rotatable bonds is 6. The Kier molecular flexibility index (Phi) is 5.95. The lowest BCUT2D eigenvalue weighted by molar-refractivity contribution is -0.234. The average molecular weight is 224 g/mol. The van der Waals surface area contributed by atoms with Crippen molar-refractivity contribution in [2.24, 2.45) is 5.41 Å². The molecule has 1 atom stereocenters. The van der Waals surface area contributed by atoms with Gasteiger partial charge < -0.3 is 4.74 Å². The van der Waals surface area contributed by atoms with E-state index in [1.165, 1.54) is 14.0 Å². The highest BCUT2D eigenvalue weighted by atomic mass is 19.4. The average Bonchev–Trinajstić information content (AvgIpc) is 2.11. The van der Waals surface area contributed by atoms with Crippen molar-refractivity contribution in [2.45, 2.75) is 39.3 Å². The van der Waals surface area contributed by atoms with E-state index < -0.39 is 11.6 Å². The number of unbranched alkanes of at least 4 members (excludes halogenated alkanes) is 1. The van der Waals surface area contributed by atoms with Crippen molar-refractivity contribution in [3.05, 3.63) is 12.2 Å². The van der Waals surface area contributed by atoms with Crippen LogP contribution in [0.4, 0.5) is 13.2 Å². The first-order valence-electron chi connectivity index (χ1n) is 5.04. The summed E-state index contributed by atoms with van der Waals surface area (Å²) in [6.07, 6.45) is 0.855. The third kappa shape index (κ3) is 4.69. The van der Waals surface area contributed by atoms with Crippen LogP contribution >= 0.6 is 0 Å². The molecule has 0 N–H and O–H groups in total. The lowest BCUT2D eigenvalue weighted by Gasteiger charge is -2.31. The second kappa shape index (κ2) is 6.16. The maximum Gasteiger partial charge on any atom is 0.396 e. The number of ether oxygens (including phenoxy) is 1. The smallest absolute Gasteiger partial charge is 0.384 e. The number of methoxy groups -OCH3 is 1. The largest absolute Gasteiger partial charge is 0.396 e. The molecule has 1 nitrogen and oxygen atoms in total. The van der Waals surface area contributed by atoms with E-state index in [1.807, 2.05) is 19.1 Å². The zero-order valence-corrected chi connectivity index (χ0v) is 9.53. The number of hydrogen-bond acceptors (Lipinski definition) is 1. The highest BCUT2D eigenvalue weighted by Crippen LogP contribution is 2.42. The molecule has 0 aliphatic rings. The van der Waals surface area contributed by atoms with E-state index in [0.717, 1.165) is 0 Å². The molecule has 4 heteroatoms. The van der Waals surface area contributed by atoms with Crippen molar-refractivity contribution in [1.29, 1.82) is 0 Å². The van der Waals surface area contributed by atoms with Gasteiger partial charge in [0.05, 0.1) is 12.0 Å². The fourth-order valence-electron chi connectivity index (χ4n) is 1.39. The molecule has 15 heavy (non-hydrogen) atoms. The summed E-state index contributed by atoms with van der Waals surface area (Å²) in [7, 11) is 1.30. The minimum atomic E-state index is -4.20. The molecule has 1 unspecified atom stereocenters. The Bertz CT molecular complexity index is 198. The minimum absolute atomic E-state index is 0.106. The number of alkyl halides is 3. The summed E-state index contributed by atoms with van der Waals surface area (Å²) in [4.78, 5) is 0. The van der Waals surface area contributed by atoms with Crippen molar-refractivity contribution in [3.8, 4) is 0 Å². The van der Waals surface area contributed by atoms with Gasteiger partial charge in [0, 0.05) is 7.11 Å². The molecule has 0 fully saturated rings. The zero-order chi connectivity index (χ0) is 11.9. The highest BCUT2D eigenvalue weighted by Gasteiger charge is 2.50. The number of allylic oxidation sites excluding steroid dienone is 2. The molecular weight excluding hydrogens is 205 g/mol. The second-order valence-corrected chi connectivity index (χ2v) is 3.95. The summed E-state index contributed by atoms with van der Waals surface area (Å²) in [5, 5.41) is 0. The van der Waals surface area contributed by atoms with Gasteiger partial charge in [-0.05, 0) is 33.1 Å². The Morgan fingerprint density at radius 1 is 1.27 bits per heavy atom. The quantitative estimate of drug-likeness (QED) is 0.490. The van der Waals surface area contributed by atoms with Crippen LogP contribution in [0.2, 0.25) is 0 Å². The van der Waals surface area contributed by atoms with Crippen molar-refractivity contribution in [1.82, 2.24) is 0 Å². The molecule has 0 amide bonds. The van der Waals surface area contributed by atoms with Crippen LogP contribution in [0, 0.1) is 5.41 Å². The van der Waals surface area contributed by atoms with Crippen molar-refractivity contribution in [3.63, 3.8) is 0 Å². The van der Waals surface area contributed by atoms with Gasteiger partial charge in [-0.15, -0.1) is 0 Å². The normalized spacial score (nSPS) is 16.9. The summed E-state index contributed by atoms with van der Waals surface area (Å²) in [5.74, 6) is 0. The van der Waals surface area contributed by atoms with Crippen LogP contribution in [-0.4, -0.2) is 19.9 Å². The van der Waals surface area contributed by atoms with Crippen LogP contribution in [0.3, 0.4) is 0 Å². The van der Waals surface area contributed by atoms with Gasteiger partial charge >= 0.3 is 6.18 Å². The van der Waals surface area contributed by atoms with E-state index in [0.29, 0.717) is 12.8 Å². The maximum atomic E-state index is 12.7. The molecular formula is C11H19F3O. The van der Waals surface area contributed by atoms with E-state index in [1.54, 1.807) is 0 Å². The van der Waals surface area contributed by atoms with Gasteiger partial charge in [0.15, 0.2) is 0 Å². The summed E-state index contributed by atoms with van der Waals surface area (Å²) < 4.78 is 42.8. The summed E-state index contributed by atoms with van der Waals surface area (Å²) >= 11 is 0. The molecule has 0 aromatic carbocycles. The van der Waals surface area contributed by atoms with Crippen LogP contribution in [0.5, 0.6) is 0 Å². The van der Waals surface area contributed by atoms with Crippen molar-refractivity contribution < 1.29 is 17.9 Å². The first-order valence-corrected chi connectivity index (χ1v) is 5.04. The van der Waals surface area contributed by atoms with Crippen LogP contribution < -0.4 is 0 Å². The SMILES string of the molecule is C/C=C/CCCC(C)(COC)C(F)(F)F. The Labute approximate surface area is 89.3 Å². The highest BCUT2D eigenvalue weighted by molar-refractivity contribution is 4.84. The first-order chi connectivity index (χ1) is 6.87. The molecule has 0 saturated heterocycles. The Hall–Kier alpha value is -0.510. The lowest BCUT2D eigenvalue weighted by Crippen LogP contribution is -2.39. The molecule has 0 rings (SSSR count). The molecule has 0 bridgehead atoms. The van der Waals surface area contributed by atoms with Crippen LogP contribution in [-0.2, 0) is 4.74 Å². The molecule has 0 aromatic rings. The Morgan fingerprint density at radius 3 is 2.27 bits per heavy atom. The van der Waals surface area contributed by atoms with Crippen LogP contribution in [0.1, 0.15) is 33.1 Å². The Morgan fingerprint density at radius 2 is 1.87 bits per heavy atom. The molecule has 90 valence electrons. The molecule has 0 radical (unpaired) electrons. The van der Waals surface area contributed by atoms with E-state index in [9.17, 15) is 13.2 Å². The monoisotopic (exact) mass is 224 g/mol. The first kappa shape index (κ1) is 14.5. The minimum Gasteiger partial charge on any atom is -0.384 e. The maximum absolute atomic E-state index is 12.7. The number of hydrogen-bond donors (Lipinski definition) is 0. The van der Waals surface area contributed by atoms with Crippen LogP contribution in [0.15, 0.2) is 12.2 Å². The van der Waals surface area contributed by atoms with Gasteiger partial charge in [-0.1, -0.05) is 12.2 Å². The molecule has 0 aliphatic heterocycles. The molecule has 0 saturated carbocycles. The van der Waals surface area contributed by atoms with E-state index >= 15 is 0 Å². The van der Waals surface area contributed by atoms with Gasteiger partial charge in [0.1, 0.15) is 0 Å². The van der Waals surface area contributed by atoms with Gasteiger partial charge in [0.25, 0.3) is 0 Å². The third-order valence-electron chi connectivity index (χ3n) is 2.48. The molecule has 0 aliphatic carbocycles. The van der Waals surface area contributed by atoms with Gasteiger partial charge in [-0.2, -0.15) is 13.2 Å². The second-order valence-electron chi connectivity index (χ2n) is 3.95. The summed E-state index contributed by atoms with van der Waals surface area (Å²) in [6.45, 7) is 2.80. The summed E-state index contributed by atoms with van der Waals surface area (Å²) in [5.41, 5.74) is -1.72. The fourth-order valence-corrected chi connectivity index (χ4v) is 1.39. The predicted molar refractivity (Wildman–Crippen MR) is 54.7 cm³/mol. The van der Waals surface area contributed by atoms with Crippen LogP contribution in [0.25, 0.3) is 0 Å². The van der Waals surface area contributed by atoms with Gasteiger partial charge in [-0.3, -0.25) is 0 Å². The van der Waals surface area contributed by atoms with Crippen molar-refractivity contribution >= 4 is 0 Å². The lowest BCUT2D eigenvalue weighted by atomic mass is 9.85. The van der Waals surface area contributed by atoms with E-state index in [4.69, 9.17) is 0 Å². The zero-order valence-electron chi connectivity index (χ0n) is 9.53. The predicted octanol–water partition coefficient (Wildman–Crippen LogP) is 3.95. The fraction of sp³-hybridized carbons (Fsp3) is 0.818. The molecule has 0 aromatic heterocycles.